The molecule has 142 valence electrons. The van der Waals surface area contributed by atoms with E-state index in [1.165, 1.54) is 49.4 Å². The lowest BCUT2D eigenvalue weighted by Crippen LogP contribution is -2.30. The van der Waals surface area contributed by atoms with Gasteiger partial charge in [0.1, 0.15) is 0 Å². The molecule has 0 spiro atoms. The summed E-state index contributed by atoms with van der Waals surface area (Å²) in [4.78, 5) is 34.1. The van der Waals surface area contributed by atoms with Gasteiger partial charge in [-0.2, -0.15) is 0 Å². The van der Waals surface area contributed by atoms with Crippen molar-refractivity contribution in [3.05, 3.63) is 64.2 Å². The highest BCUT2D eigenvalue weighted by Crippen LogP contribution is 2.16. The first-order valence-electron chi connectivity index (χ1n) is 7.47. The molecular formula is C16H15N3O7S. The Kier molecular flexibility index (Phi) is 5.88. The molecule has 1 unspecified atom stereocenters. The van der Waals surface area contributed by atoms with Crippen LogP contribution in [-0.2, 0) is 19.6 Å². The number of sulfonamides is 1. The van der Waals surface area contributed by atoms with E-state index in [4.69, 9.17) is 9.88 Å². The Morgan fingerprint density at radius 3 is 2.37 bits per heavy atom. The molecule has 2 aromatic rings. The Labute approximate surface area is 154 Å². The van der Waals surface area contributed by atoms with E-state index >= 15 is 0 Å². The van der Waals surface area contributed by atoms with Crippen molar-refractivity contribution in [2.24, 2.45) is 5.14 Å². The van der Waals surface area contributed by atoms with E-state index < -0.39 is 32.9 Å². The first-order chi connectivity index (χ1) is 12.6. The van der Waals surface area contributed by atoms with Crippen molar-refractivity contribution < 1.29 is 27.7 Å². The predicted molar refractivity (Wildman–Crippen MR) is 94.4 cm³/mol. The number of non-ortho nitro benzene ring substituents is 1. The van der Waals surface area contributed by atoms with Crippen molar-refractivity contribution in [2.75, 3.05) is 5.32 Å². The molecule has 1 atom stereocenters. The van der Waals surface area contributed by atoms with E-state index in [0.717, 1.165) is 6.07 Å². The van der Waals surface area contributed by atoms with Crippen LogP contribution in [-0.4, -0.2) is 31.3 Å². The predicted octanol–water partition coefficient (Wildman–Crippen LogP) is 1.43. The van der Waals surface area contributed by atoms with Crippen molar-refractivity contribution in [2.45, 2.75) is 17.9 Å². The fourth-order valence-corrected chi connectivity index (χ4v) is 2.52. The summed E-state index contributed by atoms with van der Waals surface area (Å²) in [5.41, 5.74) is -0.0801. The lowest BCUT2D eigenvalue weighted by Gasteiger charge is -2.13. The molecule has 0 aliphatic rings. The van der Waals surface area contributed by atoms with Crippen LogP contribution in [0.3, 0.4) is 0 Å². The minimum atomic E-state index is -3.85. The smallest absolute Gasteiger partial charge is 0.339 e. The number of anilines is 1. The molecule has 0 aromatic heterocycles. The second-order valence-corrected chi connectivity index (χ2v) is 6.98. The number of primary sulfonamides is 1. The maximum absolute atomic E-state index is 12.1. The van der Waals surface area contributed by atoms with Crippen LogP contribution in [0.15, 0.2) is 53.4 Å². The number of esters is 1. The summed E-state index contributed by atoms with van der Waals surface area (Å²) in [7, 11) is -3.85. The summed E-state index contributed by atoms with van der Waals surface area (Å²) in [5.74, 6) is -1.57. The second kappa shape index (κ2) is 7.93. The number of benzene rings is 2. The summed E-state index contributed by atoms with van der Waals surface area (Å²) in [5, 5.41) is 18.2. The van der Waals surface area contributed by atoms with Gasteiger partial charge in [0.05, 0.1) is 15.4 Å². The van der Waals surface area contributed by atoms with Crippen LogP contribution < -0.4 is 10.5 Å². The fraction of sp³-hybridized carbons (Fsp3) is 0.125. The first-order valence-corrected chi connectivity index (χ1v) is 9.02. The highest BCUT2D eigenvalue weighted by Gasteiger charge is 2.20. The number of ether oxygens (including phenoxy) is 1. The summed E-state index contributed by atoms with van der Waals surface area (Å²) < 4.78 is 27.4. The molecule has 27 heavy (non-hydrogen) atoms. The van der Waals surface area contributed by atoms with E-state index in [1.807, 2.05) is 0 Å². The molecule has 11 heteroatoms. The number of hydrogen-bond acceptors (Lipinski definition) is 7. The minimum absolute atomic E-state index is 0.0682. The standard InChI is InChI=1S/C16H15N3O7S/c1-10(26-16(21)11-3-2-4-13(9-11)19(22)23)15(20)18-12-5-7-14(8-6-12)27(17,24)25/h2-10H,1H3,(H,18,20)(H2,17,24,25). The maximum Gasteiger partial charge on any atom is 0.339 e. The third kappa shape index (κ3) is 5.33. The highest BCUT2D eigenvalue weighted by atomic mass is 32.2. The number of amides is 1. The number of rotatable bonds is 6. The van der Waals surface area contributed by atoms with Gasteiger partial charge in [-0.1, -0.05) is 6.07 Å². The average Bonchev–Trinajstić information content (AvgIpc) is 2.61. The van der Waals surface area contributed by atoms with Gasteiger partial charge >= 0.3 is 5.97 Å². The van der Waals surface area contributed by atoms with Crippen molar-refractivity contribution in [3.8, 4) is 0 Å². The Morgan fingerprint density at radius 1 is 1.19 bits per heavy atom. The number of nitrogens with two attached hydrogens (primary N) is 1. The number of carbonyl (C=O) groups excluding carboxylic acids is 2. The van der Waals surface area contributed by atoms with Crippen LogP contribution in [0.2, 0.25) is 0 Å². The van der Waals surface area contributed by atoms with E-state index in [1.54, 1.807) is 0 Å². The van der Waals surface area contributed by atoms with Crippen molar-refractivity contribution in [1.82, 2.24) is 0 Å². The van der Waals surface area contributed by atoms with Gasteiger partial charge in [0, 0.05) is 17.8 Å². The molecule has 0 fully saturated rings. The van der Waals surface area contributed by atoms with E-state index in [2.05, 4.69) is 5.32 Å². The third-order valence-electron chi connectivity index (χ3n) is 3.40. The van der Waals surface area contributed by atoms with Gasteiger partial charge in [0.2, 0.25) is 10.0 Å². The topological polar surface area (TPSA) is 159 Å². The molecule has 10 nitrogen and oxygen atoms in total. The van der Waals surface area contributed by atoms with E-state index in [0.29, 0.717) is 0 Å². The second-order valence-electron chi connectivity index (χ2n) is 5.41. The Hall–Kier alpha value is -3.31. The SMILES string of the molecule is CC(OC(=O)c1cccc([N+](=O)[O-])c1)C(=O)Nc1ccc(S(N)(=O)=O)cc1. The lowest BCUT2D eigenvalue weighted by atomic mass is 10.2. The zero-order chi connectivity index (χ0) is 20.2. The van der Waals surface area contributed by atoms with Gasteiger partial charge in [-0.15, -0.1) is 0 Å². The largest absolute Gasteiger partial charge is 0.449 e. The van der Waals surface area contributed by atoms with Gasteiger partial charge in [0.15, 0.2) is 6.10 Å². The van der Waals surface area contributed by atoms with Gasteiger partial charge < -0.3 is 10.1 Å². The van der Waals surface area contributed by atoms with Gasteiger partial charge in [-0.05, 0) is 37.3 Å². The molecule has 0 saturated carbocycles. The van der Waals surface area contributed by atoms with E-state index in [9.17, 15) is 28.1 Å². The molecule has 3 N–H and O–H groups in total. The molecule has 2 rings (SSSR count). The zero-order valence-electron chi connectivity index (χ0n) is 14.0. The molecule has 2 aromatic carbocycles. The monoisotopic (exact) mass is 393 g/mol. The van der Waals surface area contributed by atoms with Gasteiger partial charge in [-0.3, -0.25) is 14.9 Å². The number of nitro benzene ring substituents is 1. The first kappa shape index (κ1) is 20.0. The Bertz CT molecular complexity index is 987. The molecule has 1 amide bonds. The molecule has 0 saturated heterocycles. The minimum Gasteiger partial charge on any atom is -0.449 e. The summed E-state index contributed by atoms with van der Waals surface area (Å²) in [6.45, 7) is 1.32. The van der Waals surface area contributed by atoms with Crippen LogP contribution in [0.4, 0.5) is 11.4 Å². The van der Waals surface area contributed by atoms with Crippen molar-refractivity contribution in [1.29, 1.82) is 0 Å². The number of nitro groups is 1. The van der Waals surface area contributed by atoms with Gasteiger partial charge in [-0.25, -0.2) is 18.4 Å². The van der Waals surface area contributed by atoms with Crippen LogP contribution in [0.25, 0.3) is 0 Å². The molecule has 0 aliphatic heterocycles. The number of hydrogen-bond donors (Lipinski definition) is 2. The number of nitrogens with one attached hydrogen (secondary N) is 1. The van der Waals surface area contributed by atoms with Crippen molar-refractivity contribution >= 4 is 33.3 Å². The van der Waals surface area contributed by atoms with Crippen LogP contribution in [0.1, 0.15) is 17.3 Å². The molecule has 0 heterocycles. The highest BCUT2D eigenvalue weighted by molar-refractivity contribution is 7.89. The van der Waals surface area contributed by atoms with Crippen LogP contribution >= 0.6 is 0 Å². The van der Waals surface area contributed by atoms with Crippen LogP contribution in [0.5, 0.6) is 0 Å². The molecule has 0 aliphatic carbocycles. The quantitative estimate of drug-likeness (QED) is 0.426. The number of nitrogens with zero attached hydrogens (tertiary/aromatic N) is 1. The van der Waals surface area contributed by atoms with Gasteiger partial charge in [0.25, 0.3) is 11.6 Å². The molecular weight excluding hydrogens is 378 g/mol. The van der Waals surface area contributed by atoms with Crippen molar-refractivity contribution in [3.63, 3.8) is 0 Å². The van der Waals surface area contributed by atoms with E-state index in [-0.39, 0.29) is 21.8 Å². The lowest BCUT2D eigenvalue weighted by molar-refractivity contribution is -0.384. The zero-order valence-corrected chi connectivity index (χ0v) is 14.8. The maximum atomic E-state index is 12.1. The van der Waals surface area contributed by atoms with Crippen LogP contribution in [0, 0.1) is 10.1 Å². The fourth-order valence-electron chi connectivity index (χ4n) is 2.00. The molecule has 0 bridgehead atoms. The average molecular weight is 393 g/mol. The summed E-state index contributed by atoms with van der Waals surface area (Å²) in [6.07, 6.45) is -1.20. The number of carbonyl (C=O) groups is 2. The normalized spacial score (nSPS) is 12.1. The third-order valence-corrected chi connectivity index (χ3v) is 4.33. The summed E-state index contributed by atoms with van der Waals surface area (Å²) >= 11 is 0. The molecule has 0 radical (unpaired) electrons. The summed E-state index contributed by atoms with van der Waals surface area (Å²) in [6, 6.07) is 9.99. The Balaban J connectivity index is 2.02. The Morgan fingerprint density at radius 2 is 1.81 bits per heavy atom.